The van der Waals surface area contributed by atoms with E-state index in [0.717, 1.165) is 18.4 Å². The fraction of sp³-hybridized carbons (Fsp3) is 0.571. The first kappa shape index (κ1) is 12.8. The minimum atomic E-state index is -4.62. The summed E-state index contributed by atoms with van der Waals surface area (Å²) in [6, 6.07) is 7.50. The van der Waals surface area contributed by atoms with E-state index in [0.29, 0.717) is 18.0 Å². The summed E-state index contributed by atoms with van der Waals surface area (Å²) >= 11 is 0. The fourth-order valence-electron chi connectivity index (χ4n) is 3.27. The molecule has 2 atom stereocenters. The van der Waals surface area contributed by atoms with Gasteiger partial charge in [-0.25, -0.2) is 0 Å². The highest BCUT2D eigenvalue weighted by molar-refractivity contribution is 5.30. The van der Waals surface area contributed by atoms with Crippen molar-refractivity contribution in [3.8, 4) is 5.75 Å². The molecule has 2 bridgehead atoms. The molecule has 2 fully saturated rings. The molecule has 2 heterocycles. The Morgan fingerprint density at radius 3 is 2.11 bits per heavy atom. The maximum atomic E-state index is 12.1. The first-order valence-electron chi connectivity index (χ1n) is 6.61. The van der Waals surface area contributed by atoms with Crippen molar-refractivity contribution in [3.63, 3.8) is 0 Å². The largest absolute Gasteiger partial charge is 0.573 e. The molecule has 19 heavy (non-hydrogen) atoms. The lowest BCUT2D eigenvalue weighted by Crippen LogP contribution is -2.37. The maximum absolute atomic E-state index is 12.1. The molecular weight excluding hydrogens is 255 g/mol. The zero-order valence-corrected chi connectivity index (χ0v) is 10.4. The van der Waals surface area contributed by atoms with E-state index in [2.05, 4.69) is 10.1 Å². The lowest BCUT2D eigenvalue weighted by Gasteiger charge is -2.29. The second-order valence-electron chi connectivity index (χ2n) is 5.42. The van der Waals surface area contributed by atoms with Gasteiger partial charge in [0.25, 0.3) is 0 Å². The van der Waals surface area contributed by atoms with E-state index in [1.165, 1.54) is 25.0 Å². The van der Waals surface area contributed by atoms with E-state index >= 15 is 0 Å². The van der Waals surface area contributed by atoms with Gasteiger partial charge in [-0.2, -0.15) is 0 Å². The van der Waals surface area contributed by atoms with Gasteiger partial charge in [0.2, 0.25) is 0 Å². The minimum Gasteiger partial charge on any atom is -0.406 e. The third-order valence-corrected chi connectivity index (χ3v) is 4.06. The normalized spacial score (nSPS) is 30.4. The molecule has 0 radical (unpaired) electrons. The second-order valence-corrected chi connectivity index (χ2v) is 5.42. The Morgan fingerprint density at radius 2 is 1.58 bits per heavy atom. The van der Waals surface area contributed by atoms with E-state index < -0.39 is 6.36 Å². The van der Waals surface area contributed by atoms with E-state index in [1.54, 1.807) is 12.1 Å². The minimum absolute atomic E-state index is 0.145. The van der Waals surface area contributed by atoms with E-state index in [4.69, 9.17) is 0 Å². The maximum Gasteiger partial charge on any atom is 0.573 e. The highest BCUT2D eigenvalue weighted by atomic mass is 19.4. The number of nitrogens with one attached hydrogen (secondary N) is 1. The number of piperidine rings is 1. The predicted octanol–water partition coefficient (Wildman–Crippen LogP) is 3.58. The number of benzene rings is 1. The average Bonchev–Trinajstić information content (AvgIpc) is 2.67. The summed E-state index contributed by atoms with van der Waals surface area (Å²) in [7, 11) is 0. The van der Waals surface area contributed by atoms with E-state index in [1.807, 2.05) is 0 Å². The molecule has 3 rings (SSSR count). The van der Waals surface area contributed by atoms with Crippen LogP contribution in [0.25, 0.3) is 0 Å². The summed E-state index contributed by atoms with van der Waals surface area (Å²) in [6.07, 6.45) is -0.0196. The van der Waals surface area contributed by atoms with Crippen LogP contribution in [0.15, 0.2) is 24.3 Å². The molecule has 0 amide bonds. The van der Waals surface area contributed by atoms with Gasteiger partial charge < -0.3 is 10.1 Å². The summed E-state index contributed by atoms with van der Waals surface area (Å²) in [5.74, 6) is 0.312. The van der Waals surface area contributed by atoms with Gasteiger partial charge in [0, 0.05) is 12.1 Å². The molecule has 5 heteroatoms. The van der Waals surface area contributed by atoms with Crippen LogP contribution in [0, 0.1) is 0 Å². The second kappa shape index (κ2) is 4.71. The first-order chi connectivity index (χ1) is 8.99. The topological polar surface area (TPSA) is 21.3 Å². The van der Waals surface area contributed by atoms with Crippen LogP contribution in [-0.2, 0) is 0 Å². The van der Waals surface area contributed by atoms with Crippen LogP contribution in [0.1, 0.15) is 37.2 Å². The highest BCUT2D eigenvalue weighted by Crippen LogP contribution is 2.37. The Morgan fingerprint density at radius 1 is 1.00 bits per heavy atom. The quantitative estimate of drug-likeness (QED) is 0.887. The standard InChI is InChI=1S/C14H16F3NO/c15-14(16,17)19-13-5-1-9(2-6-13)10-7-11-3-4-12(8-10)18-11/h1-2,5-6,10-12,18H,3-4,7-8H2. The summed E-state index contributed by atoms with van der Waals surface area (Å²) in [6.45, 7) is 0. The van der Waals surface area contributed by atoms with Crippen LogP contribution in [0.3, 0.4) is 0 Å². The van der Waals surface area contributed by atoms with Crippen LogP contribution in [0.5, 0.6) is 5.75 Å². The van der Waals surface area contributed by atoms with Crippen LogP contribution in [0.4, 0.5) is 13.2 Å². The molecule has 1 aromatic carbocycles. The van der Waals surface area contributed by atoms with Crippen LogP contribution in [-0.4, -0.2) is 18.4 Å². The third-order valence-electron chi connectivity index (χ3n) is 4.06. The molecule has 2 aliphatic heterocycles. The van der Waals surface area contributed by atoms with Gasteiger partial charge in [-0.1, -0.05) is 12.1 Å². The summed E-state index contributed by atoms with van der Waals surface area (Å²) < 4.78 is 40.1. The van der Waals surface area contributed by atoms with Crippen molar-refractivity contribution in [2.24, 2.45) is 0 Å². The number of ether oxygens (including phenoxy) is 1. The van der Waals surface area contributed by atoms with Crippen molar-refractivity contribution in [1.29, 1.82) is 0 Å². The summed E-state index contributed by atoms with van der Waals surface area (Å²) in [5.41, 5.74) is 1.12. The molecule has 104 valence electrons. The van der Waals surface area contributed by atoms with Crippen LogP contribution >= 0.6 is 0 Å². The van der Waals surface area contributed by atoms with Crippen LogP contribution in [0.2, 0.25) is 0 Å². The van der Waals surface area contributed by atoms with Crippen molar-refractivity contribution in [3.05, 3.63) is 29.8 Å². The molecule has 0 aliphatic carbocycles. The Labute approximate surface area is 109 Å². The van der Waals surface area contributed by atoms with Gasteiger partial charge in [-0.3, -0.25) is 0 Å². The van der Waals surface area contributed by atoms with E-state index in [-0.39, 0.29) is 5.75 Å². The molecule has 0 spiro atoms. The summed E-state index contributed by atoms with van der Waals surface area (Å²) in [4.78, 5) is 0. The van der Waals surface area contributed by atoms with Gasteiger partial charge in [-0.15, -0.1) is 13.2 Å². The zero-order chi connectivity index (χ0) is 13.5. The van der Waals surface area contributed by atoms with Gasteiger partial charge >= 0.3 is 6.36 Å². The smallest absolute Gasteiger partial charge is 0.406 e. The van der Waals surface area contributed by atoms with Crippen molar-refractivity contribution in [2.75, 3.05) is 0 Å². The number of hydrogen-bond donors (Lipinski definition) is 1. The monoisotopic (exact) mass is 271 g/mol. The number of hydrogen-bond acceptors (Lipinski definition) is 2. The molecule has 0 saturated carbocycles. The van der Waals surface area contributed by atoms with Gasteiger partial charge in [0.05, 0.1) is 0 Å². The number of fused-ring (bicyclic) bond motifs is 2. The molecule has 2 nitrogen and oxygen atoms in total. The van der Waals surface area contributed by atoms with Crippen molar-refractivity contribution < 1.29 is 17.9 Å². The van der Waals surface area contributed by atoms with Crippen molar-refractivity contribution in [1.82, 2.24) is 5.32 Å². The average molecular weight is 271 g/mol. The molecule has 2 unspecified atom stereocenters. The van der Waals surface area contributed by atoms with Crippen molar-refractivity contribution >= 4 is 0 Å². The fourth-order valence-corrected chi connectivity index (χ4v) is 3.27. The zero-order valence-electron chi connectivity index (χ0n) is 10.4. The van der Waals surface area contributed by atoms with Gasteiger partial charge in [0.1, 0.15) is 5.75 Å². The van der Waals surface area contributed by atoms with Crippen molar-refractivity contribution in [2.45, 2.75) is 50.0 Å². The SMILES string of the molecule is FC(F)(F)Oc1ccc(C2CC3CCC(C2)N3)cc1. The number of halogens is 3. The number of alkyl halides is 3. The molecule has 0 aromatic heterocycles. The Kier molecular flexibility index (Phi) is 3.17. The molecule has 2 aliphatic rings. The molecule has 2 saturated heterocycles. The first-order valence-corrected chi connectivity index (χ1v) is 6.61. The van der Waals surface area contributed by atoms with Gasteiger partial charge in [-0.05, 0) is 49.3 Å². The lowest BCUT2D eigenvalue weighted by atomic mass is 9.86. The van der Waals surface area contributed by atoms with Crippen LogP contribution < -0.4 is 10.1 Å². The number of rotatable bonds is 2. The predicted molar refractivity (Wildman–Crippen MR) is 65.0 cm³/mol. The molecular formula is C14H16F3NO. The van der Waals surface area contributed by atoms with E-state index in [9.17, 15) is 13.2 Å². The molecule has 1 aromatic rings. The summed E-state index contributed by atoms with van der Waals surface area (Å²) in [5, 5.41) is 3.56. The third kappa shape index (κ3) is 3.03. The molecule has 1 N–H and O–H groups in total. The highest BCUT2D eigenvalue weighted by Gasteiger charge is 2.34. The Bertz CT molecular complexity index is 431. The van der Waals surface area contributed by atoms with Gasteiger partial charge in [0.15, 0.2) is 0 Å². The Balaban J connectivity index is 1.69. The lowest BCUT2D eigenvalue weighted by molar-refractivity contribution is -0.274. The Hall–Kier alpha value is -1.23.